The molecule has 0 aromatic carbocycles. The summed E-state index contributed by atoms with van der Waals surface area (Å²) in [6.45, 7) is 8.24. The molecule has 0 amide bonds. The van der Waals surface area contributed by atoms with Gasteiger partial charge in [-0.2, -0.15) is 10.4 Å². The van der Waals surface area contributed by atoms with E-state index in [4.69, 9.17) is 6.42 Å². The molecule has 1 aromatic rings. The molecule has 5 nitrogen and oxygen atoms in total. The molecule has 1 aliphatic heterocycles. The van der Waals surface area contributed by atoms with Gasteiger partial charge in [0.25, 0.3) is 0 Å². The zero-order valence-electron chi connectivity index (χ0n) is 12.8. The fourth-order valence-corrected chi connectivity index (χ4v) is 2.75. The van der Waals surface area contributed by atoms with Crippen molar-refractivity contribution in [2.45, 2.75) is 26.7 Å². The van der Waals surface area contributed by atoms with Gasteiger partial charge in [0.2, 0.25) is 0 Å². The van der Waals surface area contributed by atoms with Crippen molar-refractivity contribution in [1.29, 1.82) is 5.26 Å². The van der Waals surface area contributed by atoms with Gasteiger partial charge in [0, 0.05) is 26.2 Å². The molecule has 0 aliphatic carbocycles. The smallest absolute Gasteiger partial charge is 0.169 e. The minimum absolute atomic E-state index is 0.680. The molecule has 0 bridgehead atoms. The Morgan fingerprint density at radius 3 is 2.38 bits per heavy atom. The molecule has 0 unspecified atom stereocenters. The second kappa shape index (κ2) is 7.06. The highest BCUT2D eigenvalue weighted by atomic mass is 15.3. The maximum Gasteiger partial charge on any atom is 0.169 e. The molecular weight excluding hydrogens is 262 g/mol. The van der Waals surface area contributed by atoms with Crippen LogP contribution in [-0.2, 0) is 12.8 Å². The summed E-state index contributed by atoms with van der Waals surface area (Å²) >= 11 is 0. The van der Waals surface area contributed by atoms with Gasteiger partial charge in [-0.25, -0.2) is 0 Å². The highest BCUT2D eigenvalue weighted by molar-refractivity contribution is 5.58. The Morgan fingerprint density at radius 1 is 1.14 bits per heavy atom. The van der Waals surface area contributed by atoms with Gasteiger partial charge in [-0.05, 0) is 18.4 Å². The fourth-order valence-electron chi connectivity index (χ4n) is 2.75. The van der Waals surface area contributed by atoms with Gasteiger partial charge in [0.1, 0.15) is 11.6 Å². The predicted octanol–water partition coefficient (Wildman–Crippen LogP) is 1.23. The van der Waals surface area contributed by atoms with Crippen LogP contribution in [0.1, 0.15) is 30.7 Å². The number of rotatable bonds is 4. The number of terminal acetylenes is 1. The van der Waals surface area contributed by atoms with Crippen molar-refractivity contribution in [2.75, 3.05) is 37.6 Å². The summed E-state index contributed by atoms with van der Waals surface area (Å²) in [5.74, 6) is 3.40. The van der Waals surface area contributed by atoms with E-state index < -0.39 is 0 Å². The molecular formula is C16H21N5. The van der Waals surface area contributed by atoms with Gasteiger partial charge in [0.05, 0.1) is 12.2 Å². The maximum atomic E-state index is 9.54. The number of nitrogens with zero attached hydrogens (tertiary/aromatic N) is 5. The Hall–Kier alpha value is -2.11. The SMILES string of the molecule is C#CCN1CCN(c2nnc(CC)c(CC)c2C#N)CC1. The van der Waals surface area contributed by atoms with Crippen molar-refractivity contribution in [1.82, 2.24) is 15.1 Å². The molecule has 1 saturated heterocycles. The second-order valence-corrected chi connectivity index (χ2v) is 5.11. The monoisotopic (exact) mass is 283 g/mol. The van der Waals surface area contributed by atoms with E-state index in [1.54, 1.807) is 0 Å². The van der Waals surface area contributed by atoms with Crippen molar-refractivity contribution >= 4 is 5.82 Å². The van der Waals surface area contributed by atoms with Gasteiger partial charge in [-0.15, -0.1) is 11.5 Å². The lowest BCUT2D eigenvalue weighted by atomic mass is 10.0. The molecule has 0 atom stereocenters. The van der Waals surface area contributed by atoms with E-state index in [0.29, 0.717) is 12.1 Å². The molecule has 0 spiro atoms. The molecule has 5 heteroatoms. The average Bonchev–Trinajstić information content (AvgIpc) is 2.54. The number of aryl methyl sites for hydroxylation is 1. The van der Waals surface area contributed by atoms with Crippen LogP contribution in [0.5, 0.6) is 0 Å². The van der Waals surface area contributed by atoms with Crippen LogP contribution in [0.15, 0.2) is 0 Å². The lowest BCUT2D eigenvalue weighted by molar-refractivity contribution is 0.287. The predicted molar refractivity (Wildman–Crippen MR) is 83.0 cm³/mol. The van der Waals surface area contributed by atoms with Crippen molar-refractivity contribution < 1.29 is 0 Å². The third kappa shape index (κ3) is 3.15. The van der Waals surface area contributed by atoms with E-state index >= 15 is 0 Å². The quantitative estimate of drug-likeness (QED) is 0.778. The Kier molecular flexibility index (Phi) is 5.14. The first kappa shape index (κ1) is 15.3. The highest BCUT2D eigenvalue weighted by Crippen LogP contribution is 2.24. The van der Waals surface area contributed by atoms with E-state index in [9.17, 15) is 5.26 Å². The van der Waals surface area contributed by atoms with Gasteiger partial charge in [-0.3, -0.25) is 4.90 Å². The number of piperazine rings is 1. The molecule has 1 fully saturated rings. The lowest BCUT2D eigenvalue weighted by Crippen LogP contribution is -2.47. The average molecular weight is 283 g/mol. The Morgan fingerprint density at radius 2 is 1.86 bits per heavy atom. The van der Waals surface area contributed by atoms with Crippen LogP contribution in [0.4, 0.5) is 5.82 Å². The molecule has 1 aromatic heterocycles. The fraction of sp³-hybridized carbons (Fsp3) is 0.562. The van der Waals surface area contributed by atoms with E-state index in [1.807, 2.05) is 6.92 Å². The van der Waals surface area contributed by atoms with Gasteiger partial charge >= 0.3 is 0 Å². The van der Waals surface area contributed by atoms with Crippen molar-refractivity contribution in [3.63, 3.8) is 0 Å². The first-order valence-electron chi connectivity index (χ1n) is 7.44. The third-order valence-electron chi connectivity index (χ3n) is 3.93. The molecule has 2 heterocycles. The molecule has 1 aliphatic rings. The van der Waals surface area contributed by atoms with Crippen LogP contribution in [-0.4, -0.2) is 47.8 Å². The highest BCUT2D eigenvalue weighted by Gasteiger charge is 2.23. The van der Waals surface area contributed by atoms with Gasteiger partial charge in [-0.1, -0.05) is 19.8 Å². The zero-order valence-corrected chi connectivity index (χ0v) is 12.8. The van der Waals surface area contributed by atoms with Crippen molar-refractivity contribution in [3.05, 3.63) is 16.8 Å². The number of anilines is 1. The Labute approximate surface area is 126 Å². The first-order chi connectivity index (χ1) is 10.2. The molecule has 0 radical (unpaired) electrons. The first-order valence-corrected chi connectivity index (χ1v) is 7.44. The topological polar surface area (TPSA) is 56.1 Å². The maximum absolute atomic E-state index is 9.54. The number of hydrogen-bond acceptors (Lipinski definition) is 5. The number of hydrogen-bond donors (Lipinski definition) is 0. The third-order valence-corrected chi connectivity index (χ3v) is 3.93. The summed E-state index contributed by atoms with van der Waals surface area (Å²) in [6, 6.07) is 2.33. The lowest BCUT2D eigenvalue weighted by Gasteiger charge is -2.34. The summed E-state index contributed by atoms with van der Waals surface area (Å²) in [4.78, 5) is 4.38. The second-order valence-electron chi connectivity index (χ2n) is 5.11. The summed E-state index contributed by atoms with van der Waals surface area (Å²) in [7, 11) is 0. The summed E-state index contributed by atoms with van der Waals surface area (Å²) in [5, 5.41) is 18.2. The van der Waals surface area contributed by atoms with Crippen LogP contribution in [0.2, 0.25) is 0 Å². The summed E-state index contributed by atoms with van der Waals surface area (Å²) in [6.07, 6.45) is 6.97. The van der Waals surface area contributed by atoms with Crippen LogP contribution >= 0.6 is 0 Å². The van der Waals surface area contributed by atoms with Crippen molar-refractivity contribution in [3.8, 4) is 18.4 Å². The van der Waals surface area contributed by atoms with Crippen LogP contribution in [0.25, 0.3) is 0 Å². The van der Waals surface area contributed by atoms with Crippen molar-refractivity contribution in [2.24, 2.45) is 0 Å². The van der Waals surface area contributed by atoms with Gasteiger partial charge in [0.15, 0.2) is 5.82 Å². The minimum atomic E-state index is 0.680. The number of aromatic nitrogens is 2. The Bertz CT molecular complexity index is 574. The summed E-state index contributed by atoms with van der Waals surface area (Å²) < 4.78 is 0. The standard InChI is InChI=1S/C16H21N5/c1-4-7-20-8-10-21(11-9-20)16-14(12-17)13(5-2)15(6-3)18-19-16/h1H,5-11H2,2-3H3. The molecule has 110 valence electrons. The van der Waals surface area contributed by atoms with E-state index in [0.717, 1.165) is 56.1 Å². The van der Waals surface area contributed by atoms with Crippen LogP contribution in [0.3, 0.4) is 0 Å². The van der Waals surface area contributed by atoms with Crippen LogP contribution in [0, 0.1) is 23.7 Å². The van der Waals surface area contributed by atoms with E-state index in [-0.39, 0.29) is 0 Å². The minimum Gasteiger partial charge on any atom is -0.351 e. The Balaban J connectivity index is 2.26. The molecule has 2 rings (SSSR count). The number of nitriles is 1. The summed E-state index contributed by atoms with van der Waals surface area (Å²) in [5.41, 5.74) is 2.66. The van der Waals surface area contributed by atoms with Crippen LogP contribution < -0.4 is 4.90 Å². The molecule has 0 saturated carbocycles. The van der Waals surface area contributed by atoms with Gasteiger partial charge < -0.3 is 4.90 Å². The molecule has 21 heavy (non-hydrogen) atoms. The molecule has 0 N–H and O–H groups in total. The van der Waals surface area contributed by atoms with E-state index in [2.05, 4.69) is 38.9 Å². The normalized spacial score (nSPS) is 15.5. The van der Waals surface area contributed by atoms with E-state index in [1.165, 1.54) is 0 Å². The largest absolute Gasteiger partial charge is 0.351 e. The zero-order chi connectivity index (χ0) is 15.2.